The van der Waals surface area contributed by atoms with Gasteiger partial charge in [0.05, 0.1) is 17.4 Å². The van der Waals surface area contributed by atoms with Gasteiger partial charge in [-0.15, -0.1) is 13.2 Å². The van der Waals surface area contributed by atoms with Gasteiger partial charge in [0.25, 0.3) is 0 Å². The number of nitrogens with one attached hydrogen (secondary N) is 1. The number of ether oxygens (including phenoxy) is 1. The van der Waals surface area contributed by atoms with Crippen molar-refractivity contribution in [3.05, 3.63) is 53.9 Å². The van der Waals surface area contributed by atoms with E-state index in [0.717, 1.165) is 24.2 Å². The van der Waals surface area contributed by atoms with Gasteiger partial charge in [0.2, 0.25) is 0 Å². The standard InChI is InChI=1S/C19H18F3N3O2/c1-12(13-4-6-14(7-5-13)27-19(20,21)22)24-17(26)25-11-18(8-9-18)16-15(25)3-2-10-23-16/h2-7,10,12H,8-9,11H2,1H3,(H,24,26). The molecule has 5 nitrogen and oxygen atoms in total. The quantitative estimate of drug-likeness (QED) is 0.868. The Morgan fingerprint density at radius 3 is 2.59 bits per heavy atom. The first-order valence-corrected chi connectivity index (χ1v) is 8.67. The van der Waals surface area contributed by atoms with Crippen molar-refractivity contribution in [1.82, 2.24) is 10.3 Å². The fourth-order valence-electron chi connectivity index (χ4n) is 3.52. The lowest BCUT2D eigenvalue weighted by molar-refractivity contribution is -0.274. The maximum absolute atomic E-state index is 12.8. The molecule has 0 bridgehead atoms. The second-order valence-electron chi connectivity index (χ2n) is 7.03. The highest BCUT2D eigenvalue weighted by molar-refractivity contribution is 5.95. The summed E-state index contributed by atoms with van der Waals surface area (Å²) >= 11 is 0. The van der Waals surface area contributed by atoms with Gasteiger partial charge in [0, 0.05) is 18.2 Å². The van der Waals surface area contributed by atoms with Gasteiger partial charge in [0.1, 0.15) is 5.75 Å². The van der Waals surface area contributed by atoms with Crippen LogP contribution in [-0.2, 0) is 5.41 Å². The van der Waals surface area contributed by atoms with E-state index in [-0.39, 0.29) is 23.2 Å². The Kier molecular flexibility index (Phi) is 4.01. The number of carbonyl (C=O) groups is 1. The predicted octanol–water partition coefficient (Wildman–Crippen LogP) is 4.30. The van der Waals surface area contributed by atoms with E-state index in [1.165, 1.54) is 24.3 Å². The van der Waals surface area contributed by atoms with E-state index in [2.05, 4.69) is 15.0 Å². The highest BCUT2D eigenvalue weighted by Gasteiger charge is 2.54. The van der Waals surface area contributed by atoms with Gasteiger partial charge in [0.15, 0.2) is 0 Å². The molecule has 1 spiro atoms. The van der Waals surface area contributed by atoms with E-state index in [4.69, 9.17) is 0 Å². The number of fused-ring (bicyclic) bond motifs is 2. The molecule has 0 saturated heterocycles. The zero-order valence-electron chi connectivity index (χ0n) is 14.6. The Morgan fingerprint density at radius 2 is 1.96 bits per heavy atom. The van der Waals surface area contributed by atoms with Gasteiger partial charge in [-0.3, -0.25) is 9.88 Å². The average Bonchev–Trinajstić information content (AvgIpc) is 3.31. The lowest BCUT2D eigenvalue weighted by Gasteiger charge is -2.22. The number of rotatable bonds is 3. The largest absolute Gasteiger partial charge is 0.573 e. The summed E-state index contributed by atoms with van der Waals surface area (Å²) in [6.07, 6.45) is -0.932. The van der Waals surface area contributed by atoms with E-state index >= 15 is 0 Å². The molecule has 1 fully saturated rings. The molecule has 8 heteroatoms. The fraction of sp³-hybridized carbons (Fsp3) is 0.368. The van der Waals surface area contributed by atoms with Gasteiger partial charge in [-0.05, 0) is 49.6 Å². The minimum absolute atomic E-state index is 0.00620. The summed E-state index contributed by atoms with van der Waals surface area (Å²) in [5, 5.41) is 2.91. The van der Waals surface area contributed by atoms with Crippen molar-refractivity contribution in [2.45, 2.75) is 37.6 Å². The van der Waals surface area contributed by atoms with E-state index in [9.17, 15) is 18.0 Å². The number of carbonyl (C=O) groups excluding carboxylic acids is 1. The van der Waals surface area contributed by atoms with Crippen molar-refractivity contribution in [1.29, 1.82) is 0 Å². The van der Waals surface area contributed by atoms with E-state index < -0.39 is 6.36 Å². The van der Waals surface area contributed by atoms with Crippen molar-refractivity contribution in [3.63, 3.8) is 0 Å². The molecule has 1 saturated carbocycles. The minimum Gasteiger partial charge on any atom is -0.406 e. The number of amides is 2. The summed E-state index contributed by atoms with van der Waals surface area (Å²) < 4.78 is 40.6. The van der Waals surface area contributed by atoms with Crippen molar-refractivity contribution in [2.24, 2.45) is 0 Å². The fourth-order valence-corrected chi connectivity index (χ4v) is 3.52. The molecule has 1 N–H and O–H groups in total. The third-order valence-corrected chi connectivity index (χ3v) is 5.09. The molecule has 1 aliphatic carbocycles. The molecule has 2 heterocycles. The molecule has 1 aromatic heterocycles. The average molecular weight is 377 g/mol. The Hall–Kier alpha value is -2.77. The molecular weight excluding hydrogens is 359 g/mol. The number of benzene rings is 1. The third-order valence-electron chi connectivity index (χ3n) is 5.09. The van der Waals surface area contributed by atoms with Crippen LogP contribution >= 0.6 is 0 Å². The summed E-state index contributed by atoms with van der Waals surface area (Å²) in [5.74, 6) is -0.292. The van der Waals surface area contributed by atoms with Crippen molar-refractivity contribution in [3.8, 4) is 5.75 Å². The van der Waals surface area contributed by atoms with Gasteiger partial charge in [-0.25, -0.2) is 4.79 Å². The SMILES string of the molecule is CC(NC(=O)N1CC2(CC2)c2ncccc21)c1ccc(OC(F)(F)F)cc1. The van der Waals surface area contributed by atoms with Crippen LogP contribution in [0.5, 0.6) is 5.75 Å². The van der Waals surface area contributed by atoms with Crippen LogP contribution in [0.2, 0.25) is 0 Å². The normalized spacial score (nSPS) is 18.1. The van der Waals surface area contributed by atoms with Gasteiger partial charge in [-0.2, -0.15) is 0 Å². The first-order chi connectivity index (χ1) is 12.8. The zero-order valence-corrected chi connectivity index (χ0v) is 14.6. The van der Waals surface area contributed by atoms with E-state index in [1.807, 2.05) is 12.1 Å². The minimum atomic E-state index is -4.72. The molecule has 1 atom stereocenters. The first-order valence-electron chi connectivity index (χ1n) is 8.67. The van der Waals surface area contributed by atoms with Gasteiger partial charge in [-0.1, -0.05) is 12.1 Å². The van der Waals surface area contributed by atoms with Crippen molar-refractivity contribution < 1.29 is 22.7 Å². The number of aromatic nitrogens is 1. The van der Waals surface area contributed by atoms with Crippen LogP contribution in [-0.4, -0.2) is 23.9 Å². The van der Waals surface area contributed by atoms with Crippen LogP contribution in [0.3, 0.4) is 0 Å². The van der Waals surface area contributed by atoms with Crippen LogP contribution in [0.15, 0.2) is 42.6 Å². The third kappa shape index (κ3) is 3.43. The summed E-state index contributed by atoms with van der Waals surface area (Å²) in [6.45, 7) is 2.39. The molecule has 142 valence electrons. The van der Waals surface area contributed by atoms with Crippen LogP contribution in [0.4, 0.5) is 23.7 Å². The van der Waals surface area contributed by atoms with Crippen LogP contribution < -0.4 is 15.0 Å². The van der Waals surface area contributed by atoms with Gasteiger partial charge >= 0.3 is 12.4 Å². The maximum atomic E-state index is 12.8. The number of hydrogen-bond donors (Lipinski definition) is 1. The van der Waals surface area contributed by atoms with Crippen molar-refractivity contribution in [2.75, 3.05) is 11.4 Å². The summed E-state index contributed by atoms with van der Waals surface area (Å²) in [7, 11) is 0. The molecule has 2 amide bonds. The molecule has 27 heavy (non-hydrogen) atoms. The number of halogens is 3. The number of nitrogens with zero attached hydrogens (tertiary/aromatic N) is 2. The lowest BCUT2D eigenvalue weighted by atomic mass is 10.1. The monoisotopic (exact) mass is 377 g/mol. The summed E-state index contributed by atoms with van der Waals surface area (Å²) in [5.41, 5.74) is 2.48. The molecule has 1 aliphatic heterocycles. The second-order valence-corrected chi connectivity index (χ2v) is 7.03. The molecule has 4 rings (SSSR count). The van der Waals surface area contributed by atoms with Crippen LogP contribution in [0, 0.1) is 0 Å². The maximum Gasteiger partial charge on any atom is 0.573 e. The highest BCUT2D eigenvalue weighted by Crippen LogP contribution is 2.55. The zero-order chi connectivity index (χ0) is 19.2. The number of hydrogen-bond acceptors (Lipinski definition) is 3. The van der Waals surface area contributed by atoms with Crippen LogP contribution in [0.1, 0.15) is 37.1 Å². The second kappa shape index (κ2) is 6.14. The Morgan fingerprint density at radius 1 is 1.26 bits per heavy atom. The Balaban J connectivity index is 1.44. The molecule has 1 aromatic carbocycles. The number of alkyl halides is 3. The van der Waals surface area contributed by atoms with Gasteiger partial charge < -0.3 is 10.1 Å². The van der Waals surface area contributed by atoms with E-state index in [1.54, 1.807) is 18.0 Å². The first kappa shape index (κ1) is 17.6. The lowest BCUT2D eigenvalue weighted by Crippen LogP contribution is -2.41. The summed E-state index contributed by atoms with van der Waals surface area (Å²) in [6, 6.07) is 8.58. The smallest absolute Gasteiger partial charge is 0.406 e. The number of pyridine rings is 1. The predicted molar refractivity (Wildman–Crippen MR) is 92.6 cm³/mol. The molecule has 0 radical (unpaired) electrons. The molecule has 1 unspecified atom stereocenters. The molecule has 2 aromatic rings. The van der Waals surface area contributed by atoms with Crippen LogP contribution in [0.25, 0.3) is 0 Å². The van der Waals surface area contributed by atoms with Crippen molar-refractivity contribution >= 4 is 11.7 Å². The molecular formula is C19H18F3N3O2. The summed E-state index contributed by atoms with van der Waals surface area (Å²) in [4.78, 5) is 18.9. The Bertz CT molecular complexity index is 863. The number of anilines is 1. The molecule has 2 aliphatic rings. The Labute approximate surface area is 154 Å². The highest BCUT2D eigenvalue weighted by atomic mass is 19.4. The number of urea groups is 1. The van der Waals surface area contributed by atoms with E-state index in [0.29, 0.717) is 12.1 Å². The topological polar surface area (TPSA) is 54.5 Å².